The number of fused-ring (bicyclic) bond motifs is 1. The number of thiophene rings is 1. The number of pyridine rings is 1. The normalized spacial score (nSPS) is 14.0. The molecule has 0 saturated heterocycles. The summed E-state index contributed by atoms with van der Waals surface area (Å²) < 4.78 is 5.11. The highest BCUT2D eigenvalue weighted by Gasteiger charge is 2.24. The van der Waals surface area contributed by atoms with E-state index in [4.69, 9.17) is 4.74 Å². The Hall–Kier alpha value is -1.88. The van der Waals surface area contributed by atoms with Crippen LogP contribution in [0.2, 0.25) is 0 Å². The van der Waals surface area contributed by atoms with E-state index in [0.717, 1.165) is 18.5 Å². The Bertz CT molecular complexity index is 651. The topological polar surface area (TPSA) is 42.4 Å². The number of carbonyl (C=O) groups excluding carboxylic acids is 1. The molecular weight excluding hydrogens is 272 g/mol. The second kappa shape index (κ2) is 5.25. The van der Waals surface area contributed by atoms with Gasteiger partial charge in [-0.15, -0.1) is 11.3 Å². The van der Waals surface area contributed by atoms with Gasteiger partial charge in [-0.3, -0.25) is 4.79 Å². The van der Waals surface area contributed by atoms with Crippen molar-refractivity contribution in [3.8, 4) is 5.88 Å². The Morgan fingerprint density at radius 3 is 3.05 bits per heavy atom. The summed E-state index contributed by atoms with van der Waals surface area (Å²) >= 11 is 1.77. The number of amides is 1. The Labute approximate surface area is 122 Å². The minimum absolute atomic E-state index is 0.0155. The van der Waals surface area contributed by atoms with E-state index in [-0.39, 0.29) is 5.91 Å². The fraction of sp³-hybridized carbons (Fsp3) is 0.333. The summed E-state index contributed by atoms with van der Waals surface area (Å²) in [6.07, 6.45) is 0.932. The molecule has 0 radical (unpaired) electrons. The summed E-state index contributed by atoms with van der Waals surface area (Å²) in [6, 6.07) is 5.75. The standard InChI is InChI=1S/C15H16N2O2S/c1-10-3-4-13(19-2)16-14(10)15(18)17-7-5-12-11(9-17)6-8-20-12/h3-4,6,8H,5,7,9H2,1-2H3. The largest absolute Gasteiger partial charge is 0.481 e. The first-order valence-corrected chi connectivity index (χ1v) is 7.43. The zero-order valence-electron chi connectivity index (χ0n) is 11.5. The van der Waals surface area contributed by atoms with Crippen LogP contribution in [0.15, 0.2) is 23.6 Å². The first kappa shape index (κ1) is 13.1. The van der Waals surface area contributed by atoms with Crippen molar-refractivity contribution in [1.82, 2.24) is 9.88 Å². The van der Waals surface area contributed by atoms with Gasteiger partial charge in [-0.05, 0) is 35.9 Å². The molecule has 20 heavy (non-hydrogen) atoms. The molecule has 0 atom stereocenters. The molecule has 4 nitrogen and oxygen atoms in total. The Morgan fingerprint density at radius 2 is 2.25 bits per heavy atom. The van der Waals surface area contributed by atoms with Crippen molar-refractivity contribution in [1.29, 1.82) is 0 Å². The Balaban J connectivity index is 1.87. The number of aryl methyl sites for hydroxylation is 1. The predicted molar refractivity (Wildman–Crippen MR) is 78.3 cm³/mol. The maximum Gasteiger partial charge on any atom is 0.273 e. The molecule has 0 unspecified atom stereocenters. The summed E-state index contributed by atoms with van der Waals surface area (Å²) in [5.41, 5.74) is 2.63. The Morgan fingerprint density at radius 1 is 1.40 bits per heavy atom. The lowest BCUT2D eigenvalue weighted by Crippen LogP contribution is -2.36. The number of methoxy groups -OCH3 is 1. The highest BCUT2D eigenvalue weighted by molar-refractivity contribution is 7.10. The molecule has 0 spiro atoms. The lowest BCUT2D eigenvalue weighted by atomic mass is 10.1. The van der Waals surface area contributed by atoms with Crippen LogP contribution in [0.3, 0.4) is 0 Å². The average Bonchev–Trinajstić information content (AvgIpc) is 2.94. The molecular formula is C15H16N2O2S. The third-order valence-corrected chi connectivity index (χ3v) is 4.60. The molecule has 5 heteroatoms. The van der Waals surface area contributed by atoms with Gasteiger partial charge in [-0.2, -0.15) is 0 Å². The van der Waals surface area contributed by atoms with Crippen LogP contribution < -0.4 is 4.74 Å². The number of ether oxygens (including phenoxy) is 1. The molecule has 1 amide bonds. The van der Waals surface area contributed by atoms with E-state index in [1.807, 2.05) is 17.9 Å². The van der Waals surface area contributed by atoms with Crippen molar-refractivity contribution in [2.75, 3.05) is 13.7 Å². The van der Waals surface area contributed by atoms with Crippen LogP contribution in [0, 0.1) is 6.92 Å². The van der Waals surface area contributed by atoms with Crippen LogP contribution in [0.5, 0.6) is 5.88 Å². The molecule has 0 bridgehead atoms. The monoisotopic (exact) mass is 288 g/mol. The molecule has 0 saturated carbocycles. The van der Waals surface area contributed by atoms with Crippen LogP contribution >= 0.6 is 11.3 Å². The van der Waals surface area contributed by atoms with Crippen molar-refractivity contribution in [2.45, 2.75) is 19.9 Å². The second-order valence-corrected chi connectivity index (χ2v) is 5.87. The molecule has 2 aromatic heterocycles. The zero-order valence-corrected chi connectivity index (χ0v) is 12.4. The summed E-state index contributed by atoms with van der Waals surface area (Å²) in [5, 5.41) is 2.09. The lowest BCUT2D eigenvalue weighted by molar-refractivity contribution is 0.0728. The minimum Gasteiger partial charge on any atom is -0.481 e. The molecule has 3 rings (SSSR count). The first-order chi connectivity index (χ1) is 9.69. The van der Waals surface area contributed by atoms with Gasteiger partial charge >= 0.3 is 0 Å². The van der Waals surface area contributed by atoms with Gasteiger partial charge in [0.2, 0.25) is 5.88 Å². The van der Waals surface area contributed by atoms with Crippen molar-refractivity contribution >= 4 is 17.2 Å². The third-order valence-electron chi connectivity index (χ3n) is 3.58. The number of hydrogen-bond acceptors (Lipinski definition) is 4. The summed E-state index contributed by atoms with van der Waals surface area (Å²) in [6.45, 7) is 3.33. The van der Waals surface area contributed by atoms with E-state index in [0.29, 0.717) is 18.1 Å². The van der Waals surface area contributed by atoms with Gasteiger partial charge in [0, 0.05) is 24.0 Å². The maximum absolute atomic E-state index is 12.6. The predicted octanol–water partition coefficient (Wildman–Crippen LogP) is 2.66. The van der Waals surface area contributed by atoms with Crippen LogP contribution in [0.1, 0.15) is 26.5 Å². The number of aromatic nitrogens is 1. The molecule has 2 aromatic rings. The van der Waals surface area contributed by atoms with E-state index >= 15 is 0 Å². The van der Waals surface area contributed by atoms with Gasteiger partial charge < -0.3 is 9.64 Å². The smallest absolute Gasteiger partial charge is 0.273 e. The van der Waals surface area contributed by atoms with Crippen LogP contribution in [0.4, 0.5) is 0 Å². The maximum atomic E-state index is 12.6. The first-order valence-electron chi connectivity index (χ1n) is 6.55. The van der Waals surface area contributed by atoms with Crippen molar-refractivity contribution in [3.63, 3.8) is 0 Å². The zero-order chi connectivity index (χ0) is 14.1. The van der Waals surface area contributed by atoms with Gasteiger partial charge in [0.05, 0.1) is 7.11 Å². The quantitative estimate of drug-likeness (QED) is 0.853. The number of hydrogen-bond donors (Lipinski definition) is 0. The van der Waals surface area contributed by atoms with Gasteiger partial charge in [0.1, 0.15) is 5.69 Å². The van der Waals surface area contributed by atoms with Crippen LogP contribution in [-0.4, -0.2) is 29.4 Å². The highest BCUT2D eigenvalue weighted by Crippen LogP contribution is 2.25. The van der Waals surface area contributed by atoms with E-state index in [1.54, 1.807) is 24.5 Å². The van der Waals surface area contributed by atoms with E-state index < -0.39 is 0 Å². The second-order valence-electron chi connectivity index (χ2n) is 4.86. The van der Waals surface area contributed by atoms with Crippen LogP contribution in [0.25, 0.3) is 0 Å². The molecule has 104 valence electrons. The number of rotatable bonds is 2. The summed E-state index contributed by atoms with van der Waals surface area (Å²) in [7, 11) is 1.56. The molecule has 1 aliphatic heterocycles. The van der Waals surface area contributed by atoms with Crippen molar-refractivity contribution in [2.24, 2.45) is 0 Å². The SMILES string of the molecule is COc1ccc(C)c(C(=O)N2CCc3sccc3C2)n1. The molecule has 0 aliphatic carbocycles. The van der Waals surface area contributed by atoms with Gasteiger partial charge in [-0.25, -0.2) is 4.98 Å². The van der Waals surface area contributed by atoms with Gasteiger partial charge in [-0.1, -0.05) is 6.07 Å². The number of nitrogens with zero attached hydrogens (tertiary/aromatic N) is 2. The van der Waals surface area contributed by atoms with E-state index in [1.165, 1.54) is 10.4 Å². The minimum atomic E-state index is -0.0155. The van der Waals surface area contributed by atoms with E-state index in [2.05, 4.69) is 16.4 Å². The summed E-state index contributed by atoms with van der Waals surface area (Å²) in [5.74, 6) is 0.463. The number of carbonyl (C=O) groups is 1. The highest BCUT2D eigenvalue weighted by atomic mass is 32.1. The fourth-order valence-corrected chi connectivity index (χ4v) is 3.30. The third kappa shape index (κ3) is 2.29. The molecule has 0 fully saturated rings. The molecule has 1 aliphatic rings. The van der Waals surface area contributed by atoms with Crippen molar-refractivity contribution < 1.29 is 9.53 Å². The average molecular weight is 288 g/mol. The molecule has 0 N–H and O–H groups in total. The van der Waals surface area contributed by atoms with Gasteiger partial charge in [0.25, 0.3) is 5.91 Å². The van der Waals surface area contributed by atoms with Crippen LogP contribution in [-0.2, 0) is 13.0 Å². The van der Waals surface area contributed by atoms with Crippen molar-refractivity contribution in [3.05, 3.63) is 45.3 Å². The van der Waals surface area contributed by atoms with E-state index in [9.17, 15) is 4.79 Å². The lowest BCUT2D eigenvalue weighted by Gasteiger charge is -2.27. The van der Waals surface area contributed by atoms with Gasteiger partial charge in [0.15, 0.2) is 0 Å². The Kier molecular flexibility index (Phi) is 3.44. The fourth-order valence-electron chi connectivity index (χ4n) is 2.41. The summed E-state index contributed by atoms with van der Waals surface area (Å²) in [4.78, 5) is 20.2. The molecule has 0 aromatic carbocycles. The molecule has 3 heterocycles.